The van der Waals surface area contributed by atoms with Gasteiger partial charge in [-0.1, -0.05) is 25.7 Å². The summed E-state index contributed by atoms with van der Waals surface area (Å²) in [7, 11) is 0. The van der Waals surface area contributed by atoms with Crippen molar-refractivity contribution in [2.45, 2.75) is 44.9 Å². The molecule has 1 aliphatic heterocycles. The van der Waals surface area contributed by atoms with E-state index in [1.807, 2.05) is 4.90 Å². The topological polar surface area (TPSA) is 32.3 Å². The summed E-state index contributed by atoms with van der Waals surface area (Å²) in [5, 5.41) is 2.90. The Morgan fingerprint density at radius 3 is 2.80 bits per heavy atom. The Balaban J connectivity index is 1.61. The lowest BCUT2D eigenvalue weighted by molar-refractivity contribution is 0.184. The van der Waals surface area contributed by atoms with Crippen LogP contribution in [0.3, 0.4) is 0 Å². The van der Waals surface area contributed by atoms with Gasteiger partial charge in [0.25, 0.3) is 0 Å². The molecule has 1 aliphatic carbocycles. The zero-order chi connectivity index (χ0) is 10.5. The van der Waals surface area contributed by atoms with Gasteiger partial charge in [0.2, 0.25) is 0 Å². The van der Waals surface area contributed by atoms with Crippen LogP contribution in [0.1, 0.15) is 44.9 Å². The van der Waals surface area contributed by atoms with Crippen molar-refractivity contribution in [3.8, 4) is 0 Å². The molecule has 0 bridgehead atoms. The lowest BCUT2D eigenvalue weighted by atomic mass is 10.0. The number of carbonyl (C=O) groups is 1. The Morgan fingerprint density at radius 1 is 1.27 bits per heavy atom. The molecule has 3 nitrogen and oxygen atoms in total. The molecular formula is C12H22N2O. The van der Waals surface area contributed by atoms with Crippen LogP contribution in [0, 0.1) is 5.92 Å². The third-order valence-electron chi connectivity index (χ3n) is 3.68. The number of amides is 2. The van der Waals surface area contributed by atoms with Crippen LogP contribution < -0.4 is 5.32 Å². The van der Waals surface area contributed by atoms with E-state index in [1.54, 1.807) is 0 Å². The molecule has 2 amide bonds. The van der Waals surface area contributed by atoms with E-state index in [0.717, 1.165) is 32.0 Å². The Kier molecular flexibility index (Phi) is 3.87. The fourth-order valence-electron chi connectivity index (χ4n) is 2.76. The van der Waals surface area contributed by atoms with E-state index < -0.39 is 0 Å². The third kappa shape index (κ3) is 3.11. The minimum absolute atomic E-state index is 0.146. The first-order chi connectivity index (χ1) is 7.36. The molecule has 0 radical (unpaired) electrons. The first kappa shape index (κ1) is 10.8. The van der Waals surface area contributed by atoms with Crippen molar-refractivity contribution in [2.24, 2.45) is 5.92 Å². The first-order valence-corrected chi connectivity index (χ1v) is 6.39. The highest BCUT2D eigenvalue weighted by atomic mass is 16.2. The SMILES string of the molecule is O=C1NCCCN1CCCC1CCCC1. The highest BCUT2D eigenvalue weighted by molar-refractivity contribution is 5.74. The molecule has 0 aromatic carbocycles. The van der Waals surface area contributed by atoms with Crippen LogP contribution in [0.5, 0.6) is 0 Å². The molecule has 2 fully saturated rings. The van der Waals surface area contributed by atoms with Gasteiger partial charge < -0.3 is 10.2 Å². The van der Waals surface area contributed by atoms with Crippen molar-refractivity contribution in [2.75, 3.05) is 19.6 Å². The minimum atomic E-state index is 0.146. The normalized spacial score (nSPS) is 23.2. The number of rotatable bonds is 4. The summed E-state index contributed by atoms with van der Waals surface area (Å²) in [6.45, 7) is 2.77. The Morgan fingerprint density at radius 2 is 2.07 bits per heavy atom. The third-order valence-corrected chi connectivity index (χ3v) is 3.68. The number of nitrogens with zero attached hydrogens (tertiary/aromatic N) is 1. The highest BCUT2D eigenvalue weighted by Gasteiger charge is 2.18. The van der Waals surface area contributed by atoms with Gasteiger partial charge in [-0.2, -0.15) is 0 Å². The molecule has 0 spiro atoms. The number of urea groups is 1. The maximum atomic E-state index is 11.4. The number of hydrogen-bond acceptors (Lipinski definition) is 1. The lowest BCUT2D eigenvalue weighted by Gasteiger charge is -2.27. The summed E-state index contributed by atoms with van der Waals surface area (Å²) in [4.78, 5) is 13.4. The van der Waals surface area contributed by atoms with Crippen LogP contribution in [0.2, 0.25) is 0 Å². The predicted octanol–water partition coefficient (Wildman–Crippen LogP) is 2.37. The summed E-state index contributed by atoms with van der Waals surface area (Å²) in [5.41, 5.74) is 0. The minimum Gasteiger partial charge on any atom is -0.338 e. The summed E-state index contributed by atoms with van der Waals surface area (Å²) in [6.07, 6.45) is 9.32. The van der Waals surface area contributed by atoms with Crippen LogP contribution in [0.4, 0.5) is 4.79 Å². The van der Waals surface area contributed by atoms with Crippen molar-refractivity contribution in [1.82, 2.24) is 10.2 Å². The van der Waals surface area contributed by atoms with Crippen LogP contribution in [0.15, 0.2) is 0 Å². The maximum absolute atomic E-state index is 11.4. The monoisotopic (exact) mass is 210 g/mol. The maximum Gasteiger partial charge on any atom is 0.317 e. The zero-order valence-corrected chi connectivity index (χ0v) is 9.50. The van der Waals surface area contributed by atoms with Gasteiger partial charge in [0, 0.05) is 19.6 Å². The van der Waals surface area contributed by atoms with Gasteiger partial charge in [0.05, 0.1) is 0 Å². The summed E-state index contributed by atoms with van der Waals surface area (Å²) in [5.74, 6) is 0.956. The van der Waals surface area contributed by atoms with Gasteiger partial charge in [-0.05, 0) is 25.2 Å². The molecule has 1 saturated carbocycles. The predicted molar refractivity (Wildman–Crippen MR) is 60.8 cm³/mol. The van der Waals surface area contributed by atoms with E-state index in [4.69, 9.17) is 0 Å². The Bertz CT molecular complexity index is 212. The second kappa shape index (κ2) is 5.38. The van der Waals surface area contributed by atoms with Gasteiger partial charge in [-0.3, -0.25) is 0 Å². The summed E-state index contributed by atoms with van der Waals surface area (Å²) < 4.78 is 0. The van der Waals surface area contributed by atoms with E-state index >= 15 is 0 Å². The quantitative estimate of drug-likeness (QED) is 0.759. The highest BCUT2D eigenvalue weighted by Crippen LogP contribution is 2.28. The van der Waals surface area contributed by atoms with Crippen molar-refractivity contribution < 1.29 is 4.79 Å². The molecule has 2 rings (SSSR count). The summed E-state index contributed by atoms with van der Waals surface area (Å²) >= 11 is 0. The number of carbonyl (C=O) groups excluding carboxylic acids is 1. The van der Waals surface area contributed by atoms with Crippen molar-refractivity contribution >= 4 is 6.03 Å². The molecule has 1 heterocycles. The first-order valence-electron chi connectivity index (χ1n) is 6.39. The van der Waals surface area contributed by atoms with E-state index in [1.165, 1.54) is 38.5 Å². The van der Waals surface area contributed by atoms with Crippen LogP contribution in [0.25, 0.3) is 0 Å². The van der Waals surface area contributed by atoms with Gasteiger partial charge in [-0.15, -0.1) is 0 Å². The molecular weight excluding hydrogens is 188 g/mol. The van der Waals surface area contributed by atoms with Crippen molar-refractivity contribution in [1.29, 1.82) is 0 Å². The molecule has 15 heavy (non-hydrogen) atoms. The molecule has 1 saturated heterocycles. The smallest absolute Gasteiger partial charge is 0.317 e. The zero-order valence-electron chi connectivity index (χ0n) is 9.50. The largest absolute Gasteiger partial charge is 0.338 e. The second-order valence-corrected chi connectivity index (χ2v) is 4.87. The molecule has 86 valence electrons. The average Bonchev–Trinajstić information content (AvgIpc) is 2.74. The Labute approximate surface area is 92.2 Å². The number of hydrogen-bond donors (Lipinski definition) is 1. The van der Waals surface area contributed by atoms with E-state index in [0.29, 0.717) is 0 Å². The molecule has 0 aromatic heterocycles. The molecule has 2 aliphatic rings. The van der Waals surface area contributed by atoms with Gasteiger partial charge >= 0.3 is 6.03 Å². The average molecular weight is 210 g/mol. The van der Waals surface area contributed by atoms with Gasteiger partial charge in [0.15, 0.2) is 0 Å². The van der Waals surface area contributed by atoms with E-state index in [9.17, 15) is 4.79 Å². The van der Waals surface area contributed by atoms with Crippen molar-refractivity contribution in [3.63, 3.8) is 0 Å². The number of nitrogens with one attached hydrogen (secondary N) is 1. The second-order valence-electron chi connectivity index (χ2n) is 4.87. The van der Waals surface area contributed by atoms with Gasteiger partial charge in [0.1, 0.15) is 0 Å². The molecule has 0 atom stereocenters. The Hall–Kier alpha value is -0.730. The molecule has 0 aromatic rings. The molecule has 0 unspecified atom stereocenters. The van der Waals surface area contributed by atoms with Gasteiger partial charge in [-0.25, -0.2) is 4.79 Å². The fraction of sp³-hybridized carbons (Fsp3) is 0.917. The van der Waals surface area contributed by atoms with E-state index in [2.05, 4.69) is 5.32 Å². The van der Waals surface area contributed by atoms with Crippen LogP contribution in [-0.4, -0.2) is 30.6 Å². The lowest BCUT2D eigenvalue weighted by Crippen LogP contribution is -2.46. The van der Waals surface area contributed by atoms with Crippen molar-refractivity contribution in [3.05, 3.63) is 0 Å². The fourth-order valence-corrected chi connectivity index (χ4v) is 2.76. The standard InChI is InChI=1S/C12H22N2O/c15-12-13-8-4-10-14(12)9-3-7-11-5-1-2-6-11/h11H,1-10H2,(H,13,15). The van der Waals surface area contributed by atoms with Crippen LogP contribution in [-0.2, 0) is 0 Å². The van der Waals surface area contributed by atoms with Crippen LogP contribution >= 0.6 is 0 Å². The molecule has 3 heteroatoms. The summed E-state index contributed by atoms with van der Waals surface area (Å²) in [6, 6.07) is 0.146. The van der Waals surface area contributed by atoms with E-state index in [-0.39, 0.29) is 6.03 Å². The molecule has 1 N–H and O–H groups in total.